The number of H-pyrrole nitrogens is 1. The molecule has 29 heavy (non-hydrogen) atoms. The van der Waals surface area contributed by atoms with Crippen molar-refractivity contribution in [3.05, 3.63) is 58.5 Å². The van der Waals surface area contributed by atoms with Gasteiger partial charge in [0.25, 0.3) is 0 Å². The molecule has 0 aliphatic heterocycles. The van der Waals surface area contributed by atoms with E-state index in [1.807, 2.05) is 0 Å². The van der Waals surface area contributed by atoms with Crippen LogP contribution in [0.5, 0.6) is 5.75 Å². The van der Waals surface area contributed by atoms with E-state index in [2.05, 4.69) is 25.9 Å². The number of hydrogen-bond donors (Lipinski definition) is 2. The molecule has 0 spiro atoms. The van der Waals surface area contributed by atoms with Crippen LogP contribution in [0.2, 0.25) is 0 Å². The van der Waals surface area contributed by atoms with Gasteiger partial charge < -0.3 is 14.8 Å². The normalized spacial score (nSPS) is 14.8. The van der Waals surface area contributed by atoms with Crippen LogP contribution in [0, 0.1) is 0 Å². The molecule has 0 aliphatic rings. The third-order valence-corrected chi connectivity index (χ3v) is 5.61. The van der Waals surface area contributed by atoms with Crippen molar-refractivity contribution in [2.45, 2.75) is 43.9 Å². The number of aliphatic hydroxyl groups is 1. The number of methoxy groups -OCH3 is 1. The van der Waals surface area contributed by atoms with Gasteiger partial charge in [0.05, 0.1) is 18.8 Å². The standard InChI is InChI=1S/C21H22BrF3N2O2/c1-19(2,16-9-14(22)4-5-18(16)29-3)12-20(28,21(23,24)25)10-15-8-13-6-7-26-11-17(13)27-15/h4-9,11,27-28H,10,12H2,1-3H3. The Labute approximate surface area is 175 Å². The van der Waals surface area contributed by atoms with Gasteiger partial charge in [0.15, 0.2) is 5.60 Å². The van der Waals surface area contributed by atoms with E-state index in [4.69, 9.17) is 4.74 Å². The lowest BCUT2D eigenvalue weighted by molar-refractivity contribution is -0.266. The highest BCUT2D eigenvalue weighted by Crippen LogP contribution is 2.45. The number of aromatic amines is 1. The summed E-state index contributed by atoms with van der Waals surface area (Å²) in [5, 5.41) is 11.6. The number of rotatable bonds is 6. The third-order valence-electron chi connectivity index (χ3n) is 5.12. The number of alkyl halides is 3. The van der Waals surface area contributed by atoms with E-state index in [1.54, 1.807) is 56.6 Å². The predicted molar refractivity (Wildman–Crippen MR) is 109 cm³/mol. The molecule has 0 radical (unpaired) electrons. The summed E-state index contributed by atoms with van der Waals surface area (Å²) in [5.41, 5.74) is -2.45. The van der Waals surface area contributed by atoms with E-state index in [0.717, 1.165) is 9.86 Å². The fourth-order valence-electron chi connectivity index (χ4n) is 3.74. The van der Waals surface area contributed by atoms with Gasteiger partial charge in [-0.3, -0.25) is 4.98 Å². The van der Waals surface area contributed by atoms with E-state index in [9.17, 15) is 18.3 Å². The average molecular weight is 471 g/mol. The Morgan fingerprint density at radius 3 is 2.52 bits per heavy atom. The quantitative estimate of drug-likeness (QED) is 0.497. The van der Waals surface area contributed by atoms with Gasteiger partial charge >= 0.3 is 6.18 Å². The molecule has 0 saturated heterocycles. The van der Waals surface area contributed by atoms with Crippen LogP contribution >= 0.6 is 15.9 Å². The first-order chi connectivity index (χ1) is 13.4. The second-order valence-electron chi connectivity index (χ2n) is 7.87. The Bertz CT molecular complexity index is 984. The van der Waals surface area contributed by atoms with Crippen molar-refractivity contribution in [3.63, 3.8) is 0 Å². The van der Waals surface area contributed by atoms with Crippen LogP contribution in [-0.2, 0) is 11.8 Å². The van der Waals surface area contributed by atoms with Crippen molar-refractivity contribution in [2.24, 2.45) is 0 Å². The first-order valence-corrected chi connectivity index (χ1v) is 9.79. The fourth-order valence-corrected chi connectivity index (χ4v) is 4.10. The molecule has 2 aromatic heterocycles. The summed E-state index contributed by atoms with van der Waals surface area (Å²) in [6, 6.07) is 8.49. The molecule has 156 valence electrons. The van der Waals surface area contributed by atoms with Gasteiger partial charge in [-0.05, 0) is 42.2 Å². The maximum Gasteiger partial charge on any atom is 0.417 e. The van der Waals surface area contributed by atoms with Crippen LogP contribution in [0.15, 0.2) is 47.2 Å². The predicted octanol–water partition coefficient (Wildman–Crippen LogP) is 5.54. The SMILES string of the molecule is COc1ccc(Br)cc1C(C)(C)CC(O)(Cc1cc2ccncc2[nH]1)C(F)(F)F. The van der Waals surface area contributed by atoms with Crippen LogP contribution in [0.25, 0.3) is 10.9 Å². The van der Waals surface area contributed by atoms with E-state index >= 15 is 0 Å². The molecule has 1 atom stereocenters. The maximum absolute atomic E-state index is 14.0. The second kappa shape index (κ2) is 7.65. The number of fused-ring (bicyclic) bond motifs is 1. The number of hydrogen-bond acceptors (Lipinski definition) is 3. The van der Waals surface area contributed by atoms with Crippen molar-refractivity contribution in [2.75, 3.05) is 7.11 Å². The first kappa shape index (κ1) is 21.6. The lowest BCUT2D eigenvalue weighted by atomic mass is 9.73. The highest BCUT2D eigenvalue weighted by Gasteiger charge is 2.56. The molecule has 3 aromatic rings. The Morgan fingerprint density at radius 1 is 1.17 bits per heavy atom. The molecule has 1 aromatic carbocycles. The number of benzene rings is 1. The number of nitrogens with one attached hydrogen (secondary N) is 1. The van der Waals surface area contributed by atoms with E-state index in [1.165, 1.54) is 7.11 Å². The zero-order valence-corrected chi connectivity index (χ0v) is 17.9. The molecule has 0 aliphatic carbocycles. The summed E-state index contributed by atoms with van der Waals surface area (Å²) in [5.74, 6) is 0.472. The van der Waals surface area contributed by atoms with E-state index < -0.39 is 30.0 Å². The number of pyridine rings is 1. The number of nitrogens with zero attached hydrogens (tertiary/aromatic N) is 1. The van der Waals surface area contributed by atoms with Gasteiger partial charge in [-0.2, -0.15) is 13.2 Å². The van der Waals surface area contributed by atoms with Gasteiger partial charge in [-0.1, -0.05) is 29.8 Å². The molecule has 8 heteroatoms. The summed E-state index contributed by atoms with van der Waals surface area (Å²) in [6.07, 6.45) is -2.84. The van der Waals surface area contributed by atoms with Crippen LogP contribution in [0.3, 0.4) is 0 Å². The van der Waals surface area contributed by atoms with Crippen LogP contribution in [0.1, 0.15) is 31.5 Å². The first-order valence-electron chi connectivity index (χ1n) is 9.00. The molecule has 1 unspecified atom stereocenters. The number of aromatic nitrogens is 2. The lowest BCUT2D eigenvalue weighted by Crippen LogP contribution is -2.51. The minimum Gasteiger partial charge on any atom is -0.496 e. The van der Waals surface area contributed by atoms with Gasteiger partial charge in [-0.15, -0.1) is 0 Å². The van der Waals surface area contributed by atoms with Gasteiger partial charge in [0.1, 0.15) is 5.75 Å². The van der Waals surface area contributed by atoms with Crippen molar-refractivity contribution in [1.29, 1.82) is 0 Å². The van der Waals surface area contributed by atoms with E-state index in [-0.39, 0.29) is 0 Å². The number of ether oxygens (including phenoxy) is 1. The molecule has 0 fully saturated rings. The van der Waals surface area contributed by atoms with Crippen molar-refractivity contribution in [3.8, 4) is 5.75 Å². The number of halogens is 4. The average Bonchev–Trinajstić information content (AvgIpc) is 3.02. The van der Waals surface area contributed by atoms with Crippen LogP contribution < -0.4 is 4.74 Å². The highest BCUT2D eigenvalue weighted by atomic mass is 79.9. The largest absolute Gasteiger partial charge is 0.496 e. The summed E-state index contributed by atoms with van der Waals surface area (Å²) in [6.45, 7) is 3.34. The minimum atomic E-state index is -4.82. The van der Waals surface area contributed by atoms with Crippen molar-refractivity contribution >= 4 is 26.8 Å². The summed E-state index contributed by atoms with van der Waals surface area (Å²) < 4.78 is 48.2. The topological polar surface area (TPSA) is 58.1 Å². The molecule has 4 nitrogen and oxygen atoms in total. The van der Waals surface area contributed by atoms with E-state index in [0.29, 0.717) is 22.5 Å². The monoisotopic (exact) mass is 470 g/mol. The zero-order chi connectivity index (χ0) is 21.4. The molecule has 2 heterocycles. The van der Waals surface area contributed by atoms with Crippen molar-refractivity contribution in [1.82, 2.24) is 9.97 Å². The Balaban J connectivity index is 1.99. The molecule has 0 amide bonds. The summed E-state index contributed by atoms with van der Waals surface area (Å²) in [4.78, 5) is 6.89. The highest BCUT2D eigenvalue weighted by molar-refractivity contribution is 9.10. The van der Waals surface area contributed by atoms with Crippen LogP contribution in [0.4, 0.5) is 13.2 Å². The van der Waals surface area contributed by atoms with Gasteiger partial charge in [0.2, 0.25) is 0 Å². The fraction of sp³-hybridized carbons (Fsp3) is 0.381. The van der Waals surface area contributed by atoms with Crippen LogP contribution in [-0.4, -0.2) is 34.0 Å². The lowest BCUT2D eigenvalue weighted by Gasteiger charge is -2.38. The minimum absolute atomic E-state index is 0.296. The Morgan fingerprint density at radius 2 is 1.90 bits per heavy atom. The molecule has 0 bridgehead atoms. The molecular formula is C21H22BrF3N2O2. The smallest absolute Gasteiger partial charge is 0.417 e. The zero-order valence-electron chi connectivity index (χ0n) is 16.3. The molecular weight excluding hydrogens is 449 g/mol. The van der Waals surface area contributed by atoms with Gasteiger partial charge in [-0.25, -0.2) is 0 Å². The Hall–Kier alpha value is -2.06. The van der Waals surface area contributed by atoms with Crippen molar-refractivity contribution < 1.29 is 23.0 Å². The maximum atomic E-state index is 14.0. The third kappa shape index (κ3) is 4.43. The molecule has 3 rings (SSSR count). The second-order valence-corrected chi connectivity index (χ2v) is 8.78. The summed E-state index contributed by atoms with van der Waals surface area (Å²) >= 11 is 3.36. The molecule has 2 N–H and O–H groups in total. The molecule has 0 saturated carbocycles. The van der Waals surface area contributed by atoms with Gasteiger partial charge in [0, 0.05) is 33.7 Å². The Kier molecular flexibility index (Phi) is 5.71. The summed E-state index contributed by atoms with van der Waals surface area (Å²) in [7, 11) is 1.47.